The molecule has 19 heavy (non-hydrogen) atoms. The minimum Gasteiger partial charge on any atom is -0.426 e. The number of ether oxygens (including phenoxy) is 1. The van der Waals surface area contributed by atoms with Gasteiger partial charge in [-0.3, -0.25) is 4.79 Å². The average molecular weight is 261 g/mol. The molecule has 1 aromatic rings. The normalized spacial score (nSPS) is 17.2. The smallest absolute Gasteiger partial charge is 0.316 e. The number of carbonyl (C=O) groups excluding carboxylic acids is 1. The van der Waals surface area contributed by atoms with E-state index in [1.54, 1.807) is 0 Å². The third-order valence-electron chi connectivity index (χ3n) is 3.49. The van der Waals surface area contributed by atoms with E-state index in [1.807, 2.05) is 39.0 Å². The predicted octanol–water partition coefficient (Wildman–Crippen LogP) is 3.11. The number of benzene rings is 1. The molecule has 0 radical (unpaired) electrons. The molecular weight excluding hydrogens is 238 g/mol. The summed E-state index contributed by atoms with van der Waals surface area (Å²) in [7, 11) is 0. The van der Waals surface area contributed by atoms with Crippen molar-refractivity contribution in [3.05, 3.63) is 29.8 Å². The molecule has 1 aliphatic rings. The third kappa shape index (κ3) is 3.80. The van der Waals surface area contributed by atoms with Crippen LogP contribution in [0.1, 0.15) is 45.1 Å². The minimum atomic E-state index is -0.467. The molecule has 104 valence electrons. The second kappa shape index (κ2) is 5.74. The molecule has 2 rings (SSSR count). The number of esters is 1. The minimum absolute atomic E-state index is 0.185. The topological polar surface area (TPSA) is 38.3 Å². The quantitative estimate of drug-likeness (QED) is 0.656. The van der Waals surface area contributed by atoms with E-state index >= 15 is 0 Å². The first-order chi connectivity index (χ1) is 8.97. The Morgan fingerprint density at radius 3 is 2.58 bits per heavy atom. The van der Waals surface area contributed by atoms with Gasteiger partial charge >= 0.3 is 5.97 Å². The summed E-state index contributed by atoms with van der Waals surface area (Å²) >= 11 is 0. The summed E-state index contributed by atoms with van der Waals surface area (Å²) < 4.78 is 5.46. The summed E-state index contributed by atoms with van der Waals surface area (Å²) in [5.74, 6) is 1.06. The fourth-order valence-corrected chi connectivity index (χ4v) is 2.25. The first kappa shape index (κ1) is 14.1. The van der Waals surface area contributed by atoms with Crippen LogP contribution >= 0.6 is 0 Å². The van der Waals surface area contributed by atoms with Gasteiger partial charge in [0.2, 0.25) is 0 Å². The number of rotatable bonds is 2. The lowest BCUT2D eigenvalue weighted by molar-refractivity contribution is -0.143. The molecule has 0 spiro atoms. The van der Waals surface area contributed by atoms with Crippen LogP contribution in [-0.2, 0) is 4.79 Å². The molecule has 0 aliphatic carbocycles. The maximum absolute atomic E-state index is 11.9. The Balaban J connectivity index is 2.08. The summed E-state index contributed by atoms with van der Waals surface area (Å²) in [5, 5.41) is 3.37. The molecule has 1 N–H and O–H groups in total. The molecule has 0 unspecified atom stereocenters. The number of carbonyl (C=O) groups is 1. The molecule has 3 heteroatoms. The Morgan fingerprint density at radius 1 is 1.26 bits per heavy atom. The lowest BCUT2D eigenvalue weighted by Gasteiger charge is -2.23. The fourth-order valence-electron chi connectivity index (χ4n) is 2.25. The van der Waals surface area contributed by atoms with Crippen LogP contribution in [0.5, 0.6) is 5.75 Å². The highest BCUT2D eigenvalue weighted by molar-refractivity contribution is 5.77. The van der Waals surface area contributed by atoms with Crippen LogP contribution in [0.25, 0.3) is 0 Å². The van der Waals surface area contributed by atoms with Gasteiger partial charge in [-0.05, 0) is 70.3 Å². The first-order valence-corrected chi connectivity index (χ1v) is 7.00. The van der Waals surface area contributed by atoms with Gasteiger partial charge in [0.05, 0.1) is 5.41 Å². The molecule has 0 amide bonds. The van der Waals surface area contributed by atoms with Crippen molar-refractivity contribution in [2.75, 3.05) is 13.1 Å². The van der Waals surface area contributed by atoms with Crippen molar-refractivity contribution < 1.29 is 9.53 Å². The van der Waals surface area contributed by atoms with E-state index in [1.165, 1.54) is 5.56 Å². The largest absolute Gasteiger partial charge is 0.426 e. The summed E-state index contributed by atoms with van der Waals surface area (Å²) in [6.45, 7) is 7.73. The van der Waals surface area contributed by atoms with Crippen LogP contribution in [0, 0.1) is 5.41 Å². The molecule has 0 bridgehead atoms. The van der Waals surface area contributed by atoms with E-state index in [-0.39, 0.29) is 5.97 Å². The number of piperidine rings is 1. The average Bonchev–Trinajstić information content (AvgIpc) is 2.39. The third-order valence-corrected chi connectivity index (χ3v) is 3.49. The Morgan fingerprint density at radius 2 is 1.95 bits per heavy atom. The molecular formula is C16H23NO2. The van der Waals surface area contributed by atoms with Gasteiger partial charge in [0, 0.05) is 0 Å². The van der Waals surface area contributed by atoms with Gasteiger partial charge < -0.3 is 10.1 Å². The van der Waals surface area contributed by atoms with E-state index in [9.17, 15) is 4.79 Å². The van der Waals surface area contributed by atoms with Crippen molar-refractivity contribution in [1.29, 1.82) is 0 Å². The van der Waals surface area contributed by atoms with Gasteiger partial charge in [-0.1, -0.05) is 12.1 Å². The van der Waals surface area contributed by atoms with Crippen molar-refractivity contribution in [3.63, 3.8) is 0 Å². The molecule has 1 fully saturated rings. The molecule has 0 saturated carbocycles. The van der Waals surface area contributed by atoms with Crippen LogP contribution < -0.4 is 10.1 Å². The summed E-state index contributed by atoms with van der Waals surface area (Å²) in [5.41, 5.74) is 0.811. The molecule has 1 saturated heterocycles. The zero-order valence-corrected chi connectivity index (χ0v) is 12.0. The summed E-state index contributed by atoms with van der Waals surface area (Å²) in [6, 6.07) is 7.97. The van der Waals surface area contributed by atoms with E-state index in [2.05, 4.69) is 11.4 Å². The van der Waals surface area contributed by atoms with Gasteiger partial charge in [-0.2, -0.15) is 0 Å². The molecule has 1 aromatic carbocycles. The zero-order chi connectivity index (χ0) is 13.9. The van der Waals surface area contributed by atoms with Gasteiger partial charge in [-0.25, -0.2) is 0 Å². The molecule has 0 aromatic heterocycles. The van der Waals surface area contributed by atoms with Crippen molar-refractivity contribution in [3.8, 4) is 5.75 Å². The van der Waals surface area contributed by atoms with Crippen LogP contribution in [0.4, 0.5) is 0 Å². The highest BCUT2D eigenvalue weighted by Crippen LogP contribution is 2.28. The molecule has 1 aliphatic heterocycles. The molecule has 3 nitrogen and oxygen atoms in total. The van der Waals surface area contributed by atoms with Gasteiger partial charge in [0.25, 0.3) is 0 Å². The number of hydrogen-bond acceptors (Lipinski definition) is 3. The van der Waals surface area contributed by atoms with Crippen molar-refractivity contribution in [2.45, 2.75) is 39.5 Å². The lowest BCUT2D eigenvalue weighted by atomic mass is 9.90. The van der Waals surface area contributed by atoms with Crippen LogP contribution in [0.15, 0.2) is 24.3 Å². The van der Waals surface area contributed by atoms with Crippen LogP contribution in [0.2, 0.25) is 0 Å². The summed E-state index contributed by atoms with van der Waals surface area (Å²) in [6.07, 6.45) is 2.30. The fraction of sp³-hybridized carbons (Fsp3) is 0.562. The van der Waals surface area contributed by atoms with Crippen molar-refractivity contribution in [1.82, 2.24) is 5.32 Å². The number of nitrogens with one attached hydrogen (secondary N) is 1. The van der Waals surface area contributed by atoms with E-state index < -0.39 is 5.41 Å². The highest BCUT2D eigenvalue weighted by Gasteiger charge is 2.24. The van der Waals surface area contributed by atoms with Gasteiger partial charge in [0.15, 0.2) is 0 Å². The second-order valence-electron chi connectivity index (χ2n) is 6.24. The Bertz CT molecular complexity index is 442. The van der Waals surface area contributed by atoms with Crippen molar-refractivity contribution >= 4 is 5.97 Å². The zero-order valence-electron chi connectivity index (χ0n) is 12.0. The Labute approximate surface area is 115 Å². The standard InChI is InChI=1S/C16H23NO2/c1-16(2,3)15(18)19-14-6-4-5-13(11-14)12-7-9-17-10-8-12/h4-6,11-12,17H,7-10H2,1-3H3. The lowest BCUT2D eigenvalue weighted by Crippen LogP contribution is -2.27. The van der Waals surface area contributed by atoms with Crippen LogP contribution in [0.3, 0.4) is 0 Å². The summed E-state index contributed by atoms with van der Waals surface area (Å²) in [4.78, 5) is 11.9. The molecule has 1 heterocycles. The highest BCUT2D eigenvalue weighted by atomic mass is 16.5. The van der Waals surface area contributed by atoms with E-state index in [0.29, 0.717) is 11.7 Å². The van der Waals surface area contributed by atoms with E-state index in [0.717, 1.165) is 25.9 Å². The first-order valence-electron chi connectivity index (χ1n) is 7.00. The predicted molar refractivity (Wildman–Crippen MR) is 76.4 cm³/mol. The van der Waals surface area contributed by atoms with E-state index in [4.69, 9.17) is 4.74 Å². The Hall–Kier alpha value is -1.35. The maximum Gasteiger partial charge on any atom is 0.316 e. The maximum atomic E-state index is 11.9. The van der Waals surface area contributed by atoms with Gasteiger partial charge in [-0.15, -0.1) is 0 Å². The monoisotopic (exact) mass is 261 g/mol. The number of hydrogen-bond donors (Lipinski definition) is 1. The second-order valence-corrected chi connectivity index (χ2v) is 6.24. The molecule has 0 atom stereocenters. The van der Waals surface area contributed by atoms with Crippen LogP contribution in [-0.4, -0.2) is 19.1 Å². The van der Waals surface area contributed by atoms with Crippen molar-refractivity contribution in [2.24, 2.45) is 5.41 Å². The Kier molecular flexibility index (Phi) is 4.25. The SMILES string of the molecule is CC(C)(C)C(=O)Oc1cccc(C2CCNCC2)c1. The van der Waals surface area contributed by atoms with Gasteiger partial charge in [0.1, 0.15) is 5.75 Å².